The molecule has 0 radical (unpaired) electrons. The third-order valence-corrected chi connectivity index (χ3v) is 2.62. The Labute approximate surface area is 103 Å². The lowest BCUT2D eigenvalue weighted by Gasteiger charge is -2.11. The predicted octanol–water partition coefficient (Wildman–Crippen LogP) is 3.22. The quantitative estimate of drug-likeness (QED) is 0.882. The van der Waals surface area contributed by atoms with E-state index in [4.69, 9.17) is 16.0 Å². The monoisotopic (exact) mass is 255 g/mol. The molecule has 1 heterocycles. The standard InChI is InChI=1S/C12H11ClFNO2/c13-9-4-3-8(14)6-10(9)15-7-11(16)12-2-1-5-17-12/h1-6,11,15-16H,7H2. The van der Waals surface area contributed by atoms with E-state index in [0.717, 1.165) is 0 Å². The lowest BCUT2D eigenvalue weighted by molar-refractivity contribution is 0.162. The first-order valence-corrected chi connectivity index (χ1v) is 5.45. The maximum absolute atomic E-state index is 13.0. The van der Waals surface area contributed by atoms with Crippen molar-refractivity contribution in [3.8, 4) is 0 Å². The molecule has 0 aliphatic carbocycles. The molecule has 1 unspecified atom stereocenters. The summed E-state index contributed by atoms with van der Waals surface area (Å²) in [6.45, 7) is 0.191. The number of aliphatic hydroxyl groups is 1. The van der Waals surface area contributed by atoms with Gasteiger partial charge in [-0.3, -0.25) is 0 Å². The van der Waals surface area contributed by atoms with Crippen LogP contribution in [0.15, 0.2) is 41.0 Å². The second kappa shape index (κ2) is 5.21. The zero-order chi connectivity index (χ0) is 12.3. The topological polar surface area (TPSA) is 45.4 Å². The Morgan fingerprint density at radius 3 is 2.94 bits per heavy atom. The Balaban J connectivity index is 2.00. The van der Waals surface area contributed by atoms with Crippen LogP contribution in [-0.2, 0) is 0 Å². The Kier molecular flexibility index (Phi) is 3.66. The van der Waals surface area contributed by atoms with Crippen molar-refractivity contribution in [1.29, 1.82) is 0 Å². The van der Waals surface area contributed by atoms with Gasteiger partial charge in [0.2, 0.25) is 0 Å². The molecule has 1 aromatic heterocycles. The Morgan fingerprint density at radius 2 is 2.24 bits per heavy atom. The fourth-order valence-corrected chi connectivity index (χ4v) is 1.61. The molecule has 2 N–H and O–H groups in total. The molecule has 1 atom stereocenters. The highest BCUT2D eigenvalue weighted by Gasteiger charge is 2.11. The van der Waals surface area contributed by atoms with Crippen LogP contribution in [0.25, 0.3) is 0 Å². The molecule has 2 aromatic rings. The van der Waals surface area contributed by atoms with E-state index in [2.05, 4.69) is 5.32 Å². The molecule has 0 spiro atoms. The second-order valence-corrected chi connectivity index (χ2v) is 3.94. The van der Waals surface area contributed by atoms with Gasteiger partial charge in [-0.2, -0.15) is 0 Å². The summed E-state index contributed by atoms with van der Waals surface area (Å²) in [6, 6.07) is 7.36. The van der Waals surface area contributed by atoms with Crippen LogP contribution in [0.3, 0.4) is 0 Å². The Hall–Kier alpha value is -1.52. The Bertz CT molecular complexity index is 487. The predicted molar refractivity (Wildman–Crippen MR) is 63.6 cm³/mol. The summed E-state index contributed by atoms with van der Waals surface area (Å²) < 4.78 is 18.0. The summed E-state index contributed by atoms with van der Waals surface area (Å²) in [5.41, 5.74) is 0.442. The molecular weight excluding hydrogens is 245 g/mol. The maximum atomic E-state index is 13.0. The van der Waals surface area contributed by atoms with E-state index in [0.29, 0.717) is 16.5 Å². The number of aliphatic hydroxyl groups excluding tert-OH is 1. The average molecular weight is 256 g/mol. The van der Waals surface area contributed by atoms with E-state index in [9.17, 15) is 9.50 Å². The van der Waals surface area contributed by atoms with Crippen molar-refractivity contribution in [2.75, 3.05) is 11.9 Å². The minimum Gasteiger partial charge on any atom is -0.467 e. The van der Waals surface area contributed by atoms with Crippen molar-refractivity contribution < 1.29 is 13.9 Å². The van der Waals surface area contributed by atoms with Crippen LogP contribution in [0, 0.1) is 5.82 Å². The number of anilines is 1. The molecule has 0 aliphatic rings. The summed E-state index contributed by atoms with van der Waals surface area (Å²) in [6.07, 6.45) is 0.678. The molecule has 0 bridgehead atoms. The summed E-state index contributed by atoms with van der Waals surface area (Å²) in [5.74, 6) is 0.0643. The lowest BCUT2D eigenvalue weighted by Crippen LogP contribution is -2.11. The van der Waals surface area contributed by atoms with Crippen LogP contribution in [0.1, 0.15) is 11.9 Å². The van der Waals surface area contributed by atoms with Crippen molar-refractivity contribution in [1.82, 2.24) is 0 Å². The van der Waals surface area contributed by atoms with Crippen molar-refractivity contribution in [2.45, 2.75) is 6.10 Å². The highest BCUT2D eigenvalue weighted by molar-refractivity contribution is 6.33. The van der Waals surface area contributed by atoms with Gasteiger partial charge in [0.25, 0.3) is 0 Å². The first-order chi connectivity index (χ1) is 8.16. The van der Waals surface area contributed by atoms with Gasteiger partial charge in [0.1, 0.15) is 17.7 Å². The average Bonchev–Trinajstić information content (AvgIpc) is 2.83. The first kappa shape index (κ1) is 12.0. The van der Waals surface area contributed by atoms with Gasteiger partial charge in [0, 0.05) is 6.54 Å². The molecule has 0 fully saturated rings. The molecule has 0 aliphatic heterocycles. The van der Waals surface area contributed by atoms with Crippen molar-refractivity contribution in [3.05, 3.63) is 53.2 Å². The van der Waals surface area contributed by atoms with Crippen LogP contribution >= 0.6 is 11.6 Å². The van der Waals surface area contributed by atoms with E-state index in [1.807, 2.05) is 0 Å². The number of halogens is 2. The van der Waals surface area contributed by atoms with Crippen molar-refractivity contribution in [3.63, 3.8) is 0 Å². The second-order valence-electron chi connectivity index (χ2n) is 3.54. The zero-order valence-corrected chi connectivity index (χ0v) is 9.62. The number of hydrogen-bond acceptors (Lipinski definition) is 3. The van der Waals surface area contributed by atoms with Gasteiger partial charge in [-0.15, -0.1) is 0 Å². The lowest BCUT2D eigenvalue weighted by atomic mass is 10.2. The number of rotatable bonds is 4. The summed E-state index contributed by atoms with van der Waals surface area (Å²) in [5, 5.41) is 13.0. The van der Waals surface area contributed by atoms with Crippen LogP contribution in [0.5, 0.6) is 0 Å². The largest absolute Gasteiger partial charge is 0.467 e. The summed E-state index contributed by atoms with van der Waals surface area (Å²) in [7, 11) is 0. The first-order valence-electron chi connectivity index (χ1n) is 5.07. The van der Waals surface area contributed by atoms with Gasteiger partial charge in [-0.05, 0) is 30.3 Å². The zero-order valence-electron chi connectivity index (χ0n) is 8.86. The molecular formula is C12H11ClFNO2. The van der Waals surface area contributed by atoms with Crippen LogP contribution < -0.4 is 5.32 Å². The van der Waals surface area contributed by atoms with Gasteiger partial charge in [0.05, 0.1) is 17.0 Å². The van der Waals surface area contributed by atoms with Gasteiger partial charge < -0.3 is 14.8 Å². The molecule has 0 saturated heterocycles. The number of benzene rings is 1. The third kappa shape index (κ3) is 2.99. The molecule has 1 aromatic carbocycles. The van der Waals surface area contributed by atoms with Crippen LogP contribution in [-0.4, -0.2) is 11.7 Å². The van der Waals surface area contributed by atoms with E-state index in [-0.39, 0.29) is 12.4 Å². The molecule has 0 amide bonds. The molecule has 17 heavy (non-hydrogen) atoms. The summed E-state index contributed by atoms with van der Waals surface area (Å²) >= 11 is 5.87. The molecule has 3 nitrogen and oxygen atoms in total. The fourth-order valence-electron chi connectivity index (χ4n) is 1.42. The number of hydrogen-bond donors (Lipinski definition) is 2. The smallest absolute Gasteiger partial charge is 0.134 e. The van der Waals surface area contributed by atoms with Gasteiger partial charge in [-0.1, -0.05) is 11.6 Å². The van der Waals surface area contributed by atoms with E-state index in [1.54, 1.807) is 12.1 Å². The van der Waals surface area contributed by atoms with Crippen molar-refractivity contribution in [2.24, 2.45) is 0 Å². The summed E-state index contributed by atoms with van der Waals surface area (Å²) in [4.78, 5) is 0. The number of furan rings is 1. The third-order valence-electron chi connectivity index (χ3n) is 2.29. The maximum Gasteiger partial charge on any atom is 0.134 e. The molecule has 0 saturated carbocycles. The van der Waals surface area contributed by atoms with Gasteiger partial charge in [-0.25, -0.2) is 4.39 Å². The Morgan fingerprint density at radius 1 is 1.41 bits per heavy atom. The van der Waals surface area contributed by atoms with E-state index >= 15 is 0 Å². The number of nitrogens with one attached hydrogen (secondary N) is 1. The van der Waals surface area contributed by atoms with Crippen molar-refractivity contribution >= 4 is 17.3 Å². The van der Waals surface area contributed by atoms with Gasteiger partial charge in [0.15, 0.2) is 0 Å². The van der Waals surface area contributed by atoms with E-state index in [1.165, 1.54) is 24.5 Å². The molecule has 90 valence electrons. The fraction of sp³-hybridized carbons (Fsp3) is 0.167. The molecule has 2 rings (SSSR count). The SMILES string of the molecule is OC(CNc1cc(F)ccc1Cl)c1ccco1. The molecule has 5 heteroatoms. The normalized spacial score (nSPS) is 12.4. The van der Waals surface area contributed by atoms with Gasteiger partial charge >= 0.3 is 0 Å². The minimum absolute atomic E-state index is 0.191. The van der Waals surface area contributed by atoms with E-state index < -0.39 is 6.10 Å². The highest BCUT2D eigenvalue weighted by atomic mass is 35.5. The van der Waals surface area contributed by atoms with Crippen LogP contribution in [0.2, 0.25) is 5.02 Å². The van der Waals surface area contributed by atoms with Crippen LogP contribution in [0.4, 0.5) is 10.1 Å². The minimum atomic E-state index is -0.802. The highest BCUT2D eigenvalue weighted by Crippen LogP contribution is 2.23.